The first kappa shape index (κ1) is 16.4. The van der Waals surface area contributed by atoms with Crippen LogP contribution in [0, 0.1) is 13.8 Å². The van der Waals surface area contributed by atoms with E-state index in [9.17, 15) is 4.79 Å². The fourth-order valence-corrected chi connectivity index (χ4v) is 2.99. The molecule has 128 valence electrons. The molecule has 6 heteroatoms. The lowest BCUT2D eigenvalue weighted by molar-refractivity contribution is 0.0953. The average molecular weight is 329 g/mol. The van der Waals surface area contributed by atoms with Crippen LogP contribution >= 0.6 is 0 Å². The van der Waals surface area contributed by atoms with Gasteiger partial charge in [-0.3, -0.25) is 9.48 Å². The van der Waals surface area contributed by atoms with Crippen LogP contribution in [-0.2, 0) is 13.0 Å². The molecule has 0 saturated heterocycles. The SMILES string of the molecule is CCn1nc(C)c(CCNC(=O)c2ccc3c(c2)OCCO3)c1C. The van der Waals surface area contributed by atoms with Gasteiger partial charge in [-0.05, 0) is 51.0 Å². The Morgan fingerprint density at radius 2 is 2.00 bits per heavy atom. The van der Waals surface area contributed by atoms with E-state index in [1.54, 1.807) is 18.2 Å². The number of hydrogen-bond acceptors (Lipinski definition) is 4. The van der Waals surface area contributed by atoms with Crippen LogP contribution in [0.25, 0.3) is 0 Å². The maximum Gasteiger partial charge on any atom is 0.251 e. The van der Waals surface area contributed by atoms with Gasteiger partial charge in [0.1, 0.15) is 13.2 Å². The van der Waals surface area contributed by atoms with Gasteiger partial charge in [-0.15, -0.1) is 0 Å². The highest BCUT2D eigenvalue weighted by molar-refractivity contribution is 5.94. The molecule has 2 heterocycles. The first-order valence-electron chi connectivity index (χ1n) is 8.31. The third-order valence-corrected chi connectivity index (χ3v) is 4.30. The quantitative estimate of drug-likeness (QED) is 0.914. The lowest BCUT2D eigenvalue weighted by atomic mass is 10.1. The molecule has 24 heavy (non-hydrogen) atoms. The molecule has 0 unspecified atom stereocenters. The summed E-state index contributed by atoms with van der Waals surface area (Å²) in [5.74, 6) is 1.21. The molecule has 1 amide bonds. The van der Waals surface area contributed by atoms with Gasteiger partial charge in [-0.2, -0.15) is 5.10 Å². The molecule has 2 aromatic rings. The zero-order chi connectivity index (χ0) is 17.1. The minimum atomic E-state index is -0.106. The number of amides is 1. The Morgan fingerprint density at radius 1 is 1.25 bits per heavy atom. The van der Waals surface area contributed by atoms with Crippen LogP contribution in [0.1, 0.15) is 34.2 Å². The summed E-state index contributed by atoms with van der Waals surface area (Å²) in [4.78, 5) is 12.3. The molecule has 3 rings (SSSR count). The van der Waals surface area contributed by atoms with Crippen molar-refractivity contribution >= 4 is 5.91 Å². The first-order chi connectivity index (χ1) is 11.6. The number of nitrogens with zero attached hydrogens (tertiary/aromatic N) is 2. The second-order valence-corrected chi connectivity index (χ2v) is 5.83. The van der Waals surface area contributed by atoms with E-state index in [2.05, 4.69) is 24.3 Å². The smallest absolute Gasteiger partial charge is 0.251 e. The van der Waals surface area contributed by atoms with Crippen molar-refractivity contribution in [2.45, 2.75) is 33.7 Å². The molecule has 1 N–H and O–H groups in total. The standard InChI is InChI=1S/C18H23N3O3/c1-4-21-13(3)15(12(2)20-21)7-8-19-18(22)14-5-6-16-17(11-14)24-10-9-23-16/h5-6,11H,4,7-10H2,1-3H3,(H,19,22). The third-order valence-electron chi connectivity index (χ3n) is 4.30. The molecular weight excluding hydrogens is 306 g/mol. The van der Waals surface area contributed by atoms with Crippen LogP contribution in [0.5, 0.6) is 11.5 Å². The summed E-state index contributed by atoms with van der Waals surface area (Å²) in [6, 6.07) is 5.27. The molecule has 1 aliphatic rings. The number of rotatable bonds is 5. The van der Waals surface area contributed by atoms with E-state index in [0.717, 1.165) is 18.7 Å². The summed E-state index contributed by atoms with van der Waals surface area (Å²) >= 11 is 0. The Morgan fingerprint density at radius 3 is 2.71 bits per heavy atom. The van der Waals surface area contributed by atoms with Gasteiger partial charge >= 0.3 is 0 Å². The Hall–Kier alpha value is -2.50. The zero-order valence-corrected chi connectivity index (χ0v) is 14.4. The van der Waals surface area contributed by atoms with E-state index >= 15 is 0 Å². The molecule has 0 atom stereocenters. The van der Waals surface area contributed by atoms with Crippen molar-refractivity contribution in [2.24, 2.45) is 0 Å². The molecule has 0 aliphatic carbocycles. The minimum absolute atomic E-state index is 0.106. The molecule has 0 spiro atoms. The number of aryl methyl sites for hydroxylation is 2. The Labute approximate surface area is 141 Å². The first-order valence-corrected chi connectivity index (χ1v) is 8.31. The molecule has 1 aliphatic heterocycles. The summed E-state index contributed by atoms with van der Waals surface area (Å²) in [5, 5.41) is 7.47. The van der Waals surface area contributed by atoms with E-state index in [-0.39, 0.29) is 5.91 Å². The lowest BCUT2D eigenvalue weighted by Gasteiger charge is -2.18. The number of nitrogens with one attached hydrogen (secondary N) is 1. The molecule has 0 radical (unpaired) electrons. The van der Waals surface area contributed by atoms with Crippen LogP contribution in [0.15, 0.2) is 18.2 Å². The highest BCUT2D eigenvalue weighted by Gasteiger charge is 2.15. The monoisotopic (exact) mass is 329 g/mol. The van der Waals surface area contributed by atoms with Gasteiger partial charge in [0.2, 0.25) is 0 Å². The van der Waals surface area contributed by atoms with Gasteiger partial charge < -0.3 is 14.8 Å². The summed E-state index contributed by atoms with van der Waals surface area (Å²) < 4.78 is 13.0. The molecule has 1 aromatic heterocycles. The number of carbonyl (C=O) groups excluding carboxylic acids is 1. The number of aromatic nitrogens is 2. The van der Waals surface area contributed by atoms with E-state index < -0.39 is 0 Å². The fraction of sp³-hybridized carbons (Fsp3) is 0.444. The lowest BCUT2D eigenvalue weighted by Crippen LogP contribution is -2.26. The summed E-state index contributed by atoms with van der Waals surface area (Å²) in [5.41, 5.74) is 3.99. The zero-order valence-electron chi connectivity index (χ0n) is 14.4. The highest BCUT2D eigenvalue weighted by atomic mass is 16.6. The second kappa shape index (κ2) is 6.95. The number of benzene rings is 1. The summed E-state index contributed by atoms with van der Waals surface area (Å²) in [7, 11) is 0. The van der Waals surface area contributed by atoms with Crippen molar-refractivity contribution in [1.82, 2.24) is 15.1 Å². The number of hydrogen-bond donors (Lipinski definition) is 1. The van der Waals surface area contributed by atoms with Crippen molar-refractivity contribution in [3.63, 3.8) is 0 Å². The maximum absolute atomic E-state index is 12.3. The number of fused-ring (bicyclic) bond motifs is 1. The number of ether oxygens (including phenoxy) is 2. The molecule has 0 bridgehead atoms. The predicted molar refractivity (Wildman–Crippen MR) is 90.8 cm³/mol. The van der Waals surface area contributed by atoms with Crippen LogP contribution in [-0.4, -0.2) is 35.4 Å². The van der Waals surface area contributed by atoms with Crippen molar-refractivity contribution in [2.75, 3.05) is 19.8 Å². The van der Waals surface area contributed by atoms with Gasteiger partial charge in [0.05, 0.1) is 5.69 Å². The van der Waals surface area contributed by atoms with Crippen molar-refractivity contribution in [3.05, 3.63) is 40.7 Å². The van der Waals surface area contributed by atoms with Crippen molar-refractivity contribution < 1.29 is 14.3 Å². The molecule has 0 fully saturated rings. The second-order valence-electron chi connectivity index (χ2n) is 5.83. The molecule has 6 nitrogen and oxygen atoms in total. The highest BCUT2D eigenvalue weighted by Crippen LogP contribution is 2.30. The van der Waals surface area contributed by atoms with Crippen LogP contribution < -0.4 is 14.8 Å². The summed E-state index contributed by atoms with van der Waals surface area (Å²) in [6.07, 6.45) is 0.772. The third kappa shape index (κ3) is 3.22. The van der Waals surface area contributed by atoms with Gasteiger partial charge in [0, 0.05) is 24.3 Å². The Kier molecular flexibility index (Phi) is 4.74. The minimum Gasteiger partial charge on any atom is -0.486 e. The van der Waals surface area contributed by atoms with E-state index in [1.165, 1.54) is 11.3 Å². The molecule has 0 saturated carbocycles. The Balaban J connectivity index is 1.61. The van der Waals surface area contributed by atoms with Gasteiger partial charge in [-0.1, -0.05) is 0 Å². The fourth-order valence-electron chi connectivity index (χ4n) is 2.99. The largest absolute Gasteiger partial charge is 0.486 e. The molecule has 1 aromatic carbocycles. The summed E-state index contributed by atoms with van der Waals surface area (Å²) in [6.45, 7) is 8.65. The van der Waals surface area contributed by atoms with Crippen molar-refractivity contribution in [3.8, 4) is 11.5 Å². The van der Waals surface area contributed by atoms with Gasteiger partial charge in [0.15, 0.2) is 11.5 Å². The van der Waals surface area contributed by atoms with Crippen molar-refractivity contribution in [1.29, 1.82) is 0 Å². The van der Waals surface area contributed by atoms with Crippen LogP contribution in [0.3, 0.4) is 0 Å². The number of carbonyl (C=O) groups is 1. The van der Waals surface area contributed by atoms with E-state index in [1.807, 2.05) is 11.6 Å². The van der Waals surface area contributed by atoms with Gasteiger partial charge in [0.25, 0.3) is 5.91 Å². The maximum atomic E-state index is 12.3. The van der Waals surface area contributed by atoms with Gasteiger partial charge in [-0.25, -0.2) is 0 Å². The molecular formula is C18H23N3O3. The van der Waals surface area contributed by atoms with Crippen LogP contribution in [0.2, 0.25) is 0 Å². The topological polar surface area (TPSA) is 65.4 Å². The average Bonchev–Trinajstić information content (AvgIpc) is 2.88. The van der Waals surface area contributed by atoms with E-state index in [4.69, 9.17) is 9.47 Å². The van der Waals surface area contributed by atoms with E-state index in [0.29, 0.717) is 36.8 Å². The normalized spacial score (nSPS) is 13.0. The van der Waals surface area contributed by atoms with Crippen LogP contribution in [0.4, 0.5) is 0 Å². The Bertz CT molecular complexity index is 752. The predicted octanol–water partition coefficient (Wildman–Crippen LogP) is 2.26.